The van der Waals surface area contributed by atoms with Crippen LogP contribution in [-0.2, 0) is 9.47 Å². The van der Waals surface area contributed by atoms with Gasteiger partial charge in [-0.05, 0) is 69.1 Å². The molecule has 1 amide bonds. The second-order valence-electron chi connectivity index (χ2n) is 10.5. The van der Waals surface area contributed by atoms with E-state index in [-0.39, 0.29) is 11.9 Å². The van der Waals surface area contributed by atoms with E-state index >= 15 is 0 Å². The molecule has 4 heterocycles. The van der Waals surface area contributed by atoms with E-state index < -0.39 is 0 Å². The van der Waals surface area contributed by atoms with Gasteiger partial charge in [0, 0.05) is 55.8 Å². The van der Waals surface area contributed by atoms with Gasteiger partial charge in [0.1, 0.15) is 5.65 Å². The Morgan fingerprint density at radius 1 is 1.00 bits per heavy atom. The van der Waals surface area contributed by atoms with Crippen LogP contribution in [0.2, 0.25) is 0 Å². The molecule has 38 heavy (non-hydrogen) atoms. The number of carbonyl (C=O) groups is 1. The Balaban J connectivity index is 1.19. The molecule has 4 aromatic heterocycles. The van der Waals surface area contributed by atoms with Crippen LogP contribution in [0.5, 0.6) is 0 Å². The summed E-state index contributed by atoms with van der Waals surface area (Å²) in [6.07, 6.45) is 16.0. The predicted octanol–water partition coefficient (Wildman–Crippen LogP) is 4.33. The molecule has 3 N–H and O–H groups in total. The Labute approximate surface area is 221 Å². The number of aromatic nitrogens is 5. The number of H-pyrrole nitrogens is 1. The summed E-state index contributed by atoms with van der Waals surface area (Å²) in [6, 6.07) is 4.52. The van der Waals surface area contributed by atoms with Crippen LogP contribution in [0.1, 0.15) is 61.7 Å². The topological polar surface area (TPSA) is 118 Å². The summed E-state index contributed by atoms with van der Waals surface area (Å²) in [5.74, 6) is 0.548. The van der Waals surface area contributed by atoms with Crippen LogP contribution in [0, 0.1) is 0 Å². The van der Waals surface area contributed by atoms with Gasteiger partial charge in [0.15, 0.2) is 0 Å². The molecule has 4 aromatic rings. The number of nitrogens with zero attached hydrogens (tertiary/aromatic N) is 4. The molecular formula is C28H35N7O3. The van der Waals surface area contributed by atoms with Crippen molar-refractivity contribution in [2.45, 2.75) is 75.7 Å². The molecule has 2 aliphatic carbocycles. The van der Waals surface area contributed by atoms with Crippen LogP contribution in [0.4, 0.5) is 5.95 Å². The number of ether oxygens (including phenoxy) is 2. The largest absolute Gasteiger partial charge is 0.381 e. The minimum atomic E-state index is -0.0875. The molecule has 0 bridgehead atoms. The molecule has 10 nitrogen and oxygen atoms in total. The van der Waals surface area contributed by atoms with Gasteiger partial charge >= 0.3 is 0 Å². The quantitative estimate of drug-likeness (QED) is 0.334. The number of anilines is 1. The van der Waals surface area contributed by atoms with E-state index in [1.807, 2.05) is 30.7 Å². The fourth-order valence-corrected chi connectivity index (χ4v) is 5.87. The molecule has 0 saturated heterocycles. The van der Waals surface area contributed by atoms with Crippen molar-refractivity contribution in [2.24, 2.45) is 0 Å². The average Bonchev–Trinajstić information content (AvgIpc) is 3.57. The molecule has 0 spiro atoms. The number of rotatable bonds is 7. The van der Waals surface area contributed by atoms with Gasteiger partial charge in [0.2, 0.25) is 5.95 Å². The van der Waals surface area contributed by atoms with Crippen molar-refractivity contribution >= 4 is 28.4 Å². The van der Waals surface area contributed by atoms with Gasteiger partial charge in [0.05, 0.1) is 29.5 Å². The van der Waals surface area contributed by atoms with E-state index in [0.29, 0.717) is 29.8 Å². The van der Waals surface area contributed by atoms with E-state index in [0.717, 1.165) is 79.0 Å². The van der Waals surface area contributed by atoms with Gasteiger partial charge in [-0.1, -0.05) is 0 Å². The van der Waals surface area contributed by atoms with Crippen molar-refractivity contribution < 1.29 is 14.3 Å². The molecule has 10 heteroatoms. The number of nitrogens with one attached hydrogen (secondary N) is 3. The zero-order valence-electron chi connectivity index (χ0n) is 21.9. The zero-order chi connectivity index (χ0) is 26.1. The SMILES string of the molecule is COC1CCC(NC(=O)c2cnn3ccc(-c4c[nH]c5nc(NC6CCC(OC)CC6)ncc45)cc23)CC1. The number of hydrogen-bond donors (Lipinski definition) is 3. The number of pyridine rings is 1. The lowest BCUT2D eigenvalue weighted by molar-refractivity contribution is 0.0599. The third-order valence-corrected chi connectivity index (χ3v) is 8.19. The van der Waals surface area contributed by atoms with Gasteiger partial charge in [-0.25, -0.2) is 9.50 Å². The van der Waals surface area contributed by atoms with Gasteiger partial charge in [-0.3, -0.25) is 4.79 Å². The first-order valence-electron chi connectivity index (χ1n) is 13.6. The molecule has 0 aromatic carbocycles. The van der Waals surface area contributed by atoms with Gasteiger partial charge < -0.3 is 25.1 Å². The molecular weight excluding hydrogens is 482 g/mol. The van der Waals surface area contributed by atoms with Crippen LogP contribution in [0.25, 0.3) is 27.7 Å². The molecule has 2 aliphatic rings. The highest BCUT2D eigenvalue weighted by molar-refractivity contribution is 6.02. The Morgan fingerprint density at radius 3 is 2.42 bits per heavy atom. The van der Waals surface area contributed by atoms with E-state index in [9.17, 15) is 4.79 Å². The Kier molecular flexibility index (Phi) is 6.99. The van der Waals surface area contributed by atoms with Crippen molar-refractivity contribution in [3.05, 3.63) is 42.5 Å². The third-order valence-electron chi connectivity index (χ3n) is 8.19. The second-order valence-corrected chi connectivity index (χ2v) is 10.5. The lowest BCUT2D eigenvalue weighted by Gasteiger charge is -2.28. The van der Waals surface area contributed by atoms with Crippen LogP contribution < -0.4 is 10.6 Å². The molecule has 2 saturated carbocycles. The zero-order valence-corrected chi connectivity index (χ0v) is 21.9. The fraction of sp³-hybridized carbons (Fsp3) is 0.500. The first-order valence-corrected chi connectivity index (χ1v) is 13.6. The van der Waals surface area contributed by atoms with Crippen LogP contribution in [-0.4, -0.2) is 69.0 Å². The molecule has 0 unspecified atom stereocenters. The number of hydrogen-bond acceptors (Lipinski definition) is 7. The summed E-state index contributed by atoms with van der Waals surface area (Å²) >= 11 is 0. The maximum atomic E-state index is 13.1. The third kappa shape index (κ3) is 4.98. The average molecular weight is 518 g/mol. The number of methoxy groups -OCH3 is 2. The van der Waals surface area contributed by atoms with E-state index in [1.54, 1.807) is 24.9 Å². The van der Waals surface area contributed by atoms with Crippen LogP contribution in [0.15, 0.2) is 36.9 Å². The lowest BCUT2D eigenvalue weighted by atomic mass is 9.93. The Morgan fingerprint density at radius 2 is 1.71 bits per heavy atom. The first kappa shape index (κ1) is 24.8. The Bertz CT molecular complexity index is 1410. The fourth-order valence-electron chi connectivity index (χ4n) is 5.87. The lowest BCUT2D eigenvalue weighted by Crippen LogP contribution is -2.38. The van der Waals surface area contributed by atoms with Gasteiger partial charge in [-0.2, -0.15) is 10.1 Å². The minimum absolute atomic E-state index is 0.0875. The van der Waals surface area contributed by atoms with E-state index in [2.05, 4.69) is 25.7 Å². The molecule has 0 aliphatic heterocycles. The monoisotopic (exact) mass is 517 g/mol. The van der Waals surface area contributed by atoms with Gasteiger partial charge in [-0.15, -0.1) is 0 Å². The standard InChI is InChI=1S/C28H35N7O3/c1-37-20-7-3-18(4-8-20)32-27(36)24-16-31-35-12-11-17(13-25(24)35)22-14-29-26-23(22)15-30-28(34-26)33-19-5-9-21(38-2)10-6-19/h11-16,18-21H,3-10H2,1-2H3,(H,32,36)(H2,29,30,33,34). The summed E-state index contributed by atoms with van der Waals surface area (Å²) in [5, 5.41) is 12.0. The maximum absolute atomic E-state index is 13.1. The summed E-state index contributed by atoms with van der Waals surface area (Å²) in [5.41, 5.74) is 4.08. The second kappa shape index (κ2) is 10.7. The highest BCUT2D eigenvalue weighted by Crippen LogP contribution is 2.30. The Hall–Kier alpha value is -3.50. The maximum Gasteiger partial charge on any atom is 0.255 e. The van der Waals surface area contributed by atoms with Crippen molar-refractivity contribution in [3.63, 3.8) is 0 Å². The normalized spacial score (nSPS) is 24.1. The van der Waals surface area contributed by atoms with E-state index in [1.165, 1.54) is 0 Å². The number of fused-ring (bicyclic) bond motifs is 2. The summed E-state index contributed by atoms with van der Waals surface area (Å²) in [4.78, 5) is 25.8. The minimum Gasteiger partial charge on any atom is -0.381 e. The van der Waals surface area contributed by atoms with Crippen molar-refractivity contribution in [1.29, 1.82) is 0 Å². The number of aromatic amines is 1. The summed E-state index contributed by atoms with van der Waals surface area (Å²) in [6.45, 7) is 0. The molecule has 0 radical (unpaired) electrons. The van der Waals surface area contributed by atoms with Crippen molar-refractivity contribution in [2.75, 3.05) is 19.5 Å². The first-order chi connectivity index (χ1) is 18.6. The highest BCUT2D eigenvalue weighted by Gasteiger charge is 2.24. The van der Waals surface area contributed by atoms with E-state index in [4.69, 9.17) is 14.5 Å². The highest BCUT2D eigenvalue weighted by atomic mass is 16.5. The van der Waals surface area contributed by atoms with Crippen LogP contribution in [0.3, 0.4) is 0 Å². The van der Waals surface area contributed by atoms with Crippen LogP contribution >= 0.6 is 0 Å². The molecule has 200 valence electrons. The smallest absolute Gasteiger partial charge is 0.255 e. The predicted molar refractivity (Wildman–Crippen MR) is 145 cm³/mol. The summed E-state index contributed by atoms with van der Waals surface area (Å²) < 4.78 is 12.7. The number of amides is 1. The summed E-state index contributed by atoms with van der Waals surface area (Å²) in [7, 11) is 3.54. The molecule has 2 fully saturated rings. The molecule has 0 atom stereocenters. The van der Waals surface area contributed by atoms with Gasteiger partial charge in [0.25, 0.3) is 5.91 Å². The molecule has 6 rings (SSSR count). The van der Waals surface area contributed by atoms with Crippen molar-refractivity contribution in [3.8, 4) is 11.1 Å². The number of carbonyl (C=O) groups excluding carboxylic acids is 1. The van der Waals surface area contributed by atoms with Crippen molar-refractivity contribution in [1.82, 2.24) is 29.9 Å².